The van der Waals surface area contributed by atoms with Gasteiger partial charge in [-0.3, -0.25) is 18.7 Å². The molecule has 0 radical (unpaired) electrons. The highest BCUT2D eigenvalue weighted by Crippen LogP contribution is 2.15. The number of fused-ring (bicyclic) bond motifs is 1. The van der Waals surface area contributed by atoms with Crippen molar-refractivity contribution in [2.24, 2.45) is 5.92 Å². The minimum atomic E-state index is -0.395. The number of likely N-dealkylation sites (N-methyl/N-ethyl adjacent to an activating group) is 1. The van der Waals surface area contributed by atoms with Crippen molar-refractivity contribution in [3.8, 4) is 0 Å². The van der Waals surface area contributed by atoms with E-state index in [1.54, 1.807) is 23.4 Å². The normalized spacial score (nSPS) is 11.4. The Bertz CT molecular complexity index is 847. The van der Waals surface area contributed by atoms with E-state index >= 15 is 0 Å². The molecule has 0 fully saturated rings. The lowest BCUT2D eigenvalue weighted by Gasteiger charge is -2.18. The van der Waals surface area contributed by atoms with Crippen LogP contribution in [0, 0.1) is 5.92 Å². The Kier molecular flexibility index (Phi) is 6.58. The van der Waals surface area contributed by atoms with Gasteiger partial charge in [0, 0.05) is 20.1 Å². The summed E-state index contributed by atoms with van der Waals surface area (Å²) in [5.41, 5.74) is -0.0921. The number of aromatic nitrogens is 2. The molecule has 0 bridgehead atoms. The fourth-order valence-corrected chi connectivity index (χ4v) is 3.49. The Morgan fingerprint density at radius 3 is 2.64 bits per heavy atom. The van der Waals surface area contributed by atoms with Crippen molar-refractivity contribution >= 4 is 27.5 Å². The van der Waals surface area contributed by atoms with E-state index in [2.05, 4.69) is 20.8 Å². The summed E-state index contributed by atoms with van der Waals surface area (Å²) >= 11 is 1.32. The first kappa shape index (κ1) is 19.4. The molecule has 138 valence electrons. The minimum absolute atomic E-state index is 0.0335. The molecular weight excluding hydrogens is 338 g/mol. The Hall–Kier alpha value is -1.89. The predicted octanol–water partition coefficient (Wildman–Crippen LogP) is 2.53. The molecule has 2 heterocycles. The zero-order valence-corrected chi connectivity index (χ0v) is 16.3. The zero-order chi connectivity index (χ0) is 18.6. The van der Waals surface area contributed by atoms with Crippen molar-refractivity contribution in [3.63, 3.8) is 0 Å². The first-order chi connectivity index (χ1) is 11.9. The standard InChI is InChI=1S/C18H27N3O3S/c1-5-6-9-19(4)15(22)12-21-14-8-11-25-16(14)17(23)20(18(21)24)10-7-13(2)3/h8,11,13H,5-7,9-10,12H2,1-4H3. The van der Waals surface area contributed by atoms with Crippen LogP contribution in [0.15, 0.2) is 21.0 Å². The molecule has 2 rings (SSSR count). The molecule has 25 heavy (non-hydrogen) atoms. The summed E-state index contributed by atoms with van der Waals surface area (Å²) in [6.45, 7) is 7.20. The van der Waals surface area contributed by atoms with Crippen molar-refractivity contribution in [2.75, 3.05) is 13.6 Å². The number of unbranched alkanes of at least 4 members (excludes halogenated alkanes) is 1. The van der Waals surface area contributed by atoms with Gasteiger partial charge < -0.3 is 4.90 Å². The molecule has 0 saturated carbocycles. The van der Waals surface area contributed by atoms with Gasteiger partial charge in [0.05, 0.1) is 5.52 Å². The van der Waals surface area contributed by atoms with E-state index in [4.69, 9.17) is 0 Å². The lowest BCUT2D eigenvalue weighted by atomic mass is 10.1. The van der Waals surface area contributed by atoms with Gasteiger partial charge in [-0.2, -0.15) is 0 Å². The molecular formula is C18H27N3O3S. The molecule has 0 saturated heterocycles. The van der Waals surface area contributed by atoms with Gasteiger partial charge in [-0.05, 0) is 30.2 Å². The van der Waals surface area contributed by atoms with Gasteiger partial charge >= 0.3 is 5.69 Å². The number of thiophene rings is 1. The smallest absolute Gasteiger partial charge is 0.332 e. The molecule has 6 nitrogen and oxygen atoms in total. The molecule has 0 spiro atoms. The number of amides is 1. The highest BCUT2D eigenvalue weighted by molar-refractivity contribution is 7.17. The van der Waals surface area contributed by atoms with Crippen LogP contribution in [0.4, 0.5) is 0 Å². The fourth-order valence-electron chi connectivity index (χ4n) is 2.65. The number of hydrogen-bond acceptors (Lipinski definition) is 4. The monoisotopic (exact) mass is 365 g/mol. The molecule has 0 aliphatic rings. The summed E-state index contributed by atoms with van der Waals surface area (Å²) in [6, 6.07) is 1.74. The number of rotatable bonds is 8. The molecule has 0 unspecified atom stereocenters. The Labute approximate surface area is 151 Å². The summed E-state index contributed by atoms with van der Waals surface area (Å²) in [4.78, 5) is 39.6. The topological polar surface area (TPSA) is 64.3 Å². The van der Waals surface area contributed by atoms with E-state index in [0.29, 0.717) is 29.2 Å². The third kappa shape index (κ3) is 4.39. The van der Waals surface area contributed by atoms with Crippen LogP contribution in [0.3, 0.4) is 0 Å². The van der Waals surface area contributed by atoms with Crippen molar-refractivity contribution in [1.82, 2.24) is 14.0 Å². The van der Waals surface area contributed by atoms with E-state index < -0.39 is 5.69 Å². The highest BCUT2D eigenvalue weighted by Gasteiger charge is 2.18. The quantitative estimate of drug-likeness (QED) is 0.722. The van der Waals surface area contributed by atoms with Gasteiger partial charge in [0.25, 0.3) is 5.56 Å². The van der Waals surface area contributed by atoms with Gasteiger partial charge in [-0.1, -0.05) is 27.2 Å². The number of carbonyl (C=O) groups is 1. The maximum absolute atomic E-state index is 12.8. The number of hydrogen-bond donors (Lipinski definition) is 0. The molecule has 0 atom stereocenters. The van der Waals surface area contributed by atoms with E-state index in [0.717, 1.165) is 19.3 Å². The van der Waals surface area contributed by atoms with Crippen LogP contribution in [0.2, 0.25) is 0 Å². The second-order valence-electron chi connectivity index (χ2n) is 6.81. The number of nitrogens with zero attached hydrogens (tertiary/aromatic N) is 3. The third-order valence-corrected chi connectivity index (χ3v) is 5.22. The summed E-state index contributed by atoms with van der Waals surface area (Å²) in [5, 5.41) is 1.79. The van der Waals surface area contributed by atoms with Gasteiger partial charge in [0.1, 0.15) is 11.2 Å². The van der Waals surface area contributed by atoms with Crippen molar-refractivity contribution < 1.29 is 4.79 Å². The van der Waals surface area contributed by atoms with E-state index in [1.807, 2.05) is 0 Å². The van der Waals surface area contributed by atoms with Gasteiger partial charge in [0.2, 0.25) is 5.91 Å². The second-order valence-corrected chi connectivity index (χ2v) is 7.73. The SMILES string of the molecule is CCCCN(C)C(=O)Cn1c(=O)n(CCC(C)C)c(=O)c2sccc21. The van der Waals surface area contributed by atoms with Crippen LogP contribution in [0.5, 0.6) is 0 Å². The van der Waals surface area contributed by atoms with Crippen LogP contribution in [-0.4, -0.2) is 33.5 Å². The maximum atomic E-state index is 12.8. The first-order valence-corrected chi connectivity index (χ1v) is 9.69. The van der Waals surface area contributed by atoms with Crippen LogP contribution >= 0.6 is 11.3 Å². The van der Waals surface area contributed by atoms with Crippen molar-refractivity contribution in [2.45, 2.75) is 53.1 Å². The minimum Gasteiger partial charge on any atom is -0.344 e. The van der Waals surface area contributed by atoms with E-state index in [1.165, 1.54) is 20.5 Å². The second kappa shape index (κ2) is 8.47. The highest BCUT2D eigenvalue weighted by atomic mass is 32.1. The summed E-state index contributed by atoms with van der Waals surface area (Å²) < 4.78 is 3.25. The largest absolute Gasteiger partial charge is 0.344 e. The van der Waals surface area contributed by atoms with Crippen molar-refractivity contribution in [3.05, 3.63) is 32.3 Å². The van der Waals surface area contributed by atoms with E-state index in [9.17, 15) is 14.4 Å². The molecule has 0 aliphatic carbocycles. The summed E-state index contributed by atoms with van der Waals surface area (Å²) in [7, 11) is 1.75. The van der Waals surface area contributed by atoms with Crippen LogP contribution in [-0.2, 0) is 17.9 Å². The molecule has 1 amide bonds. The lowest BCUT2D eigenvalue weighted by Crippen LogP contribution is -2.42. The van der Waals surface area contributed by atoms with Crippen LogP contribution < -0.4 is 11.2 Å². The maximum Gasteiger partial charge on any atom is 0.332 e. The fraction of sp³-hybridized carbons (Fsp3) is 0.611. The van der Waals surface area contributed by atoms with Crippen molar-refractivity contribution in [1.29, 1.82) is 0 Å². The molecule has 0 aliphatic heterocycles. The Morgan fingerprint density at radius 2 is 2.00 bits per heavy atom. The number of carbonyl (C=O) groups excluding carboxylic acids is 1. The molecule has 0 N–H and O–H groups in total. The summed E-state index contributed by atoms with van der Waals surface area (Å²) in [5.74, 6) is 0.276. The van der Waals surface area contributed by atoms with Gasteiger partial charge in [-0.15, -0.1) is 11.3 Å². The Morgan fingerprint density at radius 1 is 1.28 bits per heavy atom. The zero-order valence-electron chi connectivity index (χ0n) is 15.4. The lowest BCUT2D eigenvalue weighted by molar-refractivity contribution is -0.130. The average molecular weight is 365 g/mol. The van der Waals surface area contributed by atoms with Crippen LogP contribution in [0.1, 0.15) is 40.0 Å². The molecule has 0 aromatic carbocycles. The first-order valence-electron chi connectivity index (χ1n) is 8.81. The average Bonchev–Trinajstić information content (AvgIpc) is 3.05. The van der Waals surface area contributed by atoms with E-state index in [-0.39, 0.29) is 18.0 Å². The van der Waals surface area contributed by atoms with Gasteiger partial charge in [0.15, 0.2) is 0 Å². The molecule has 2 aromatic heterocycles. The predicted molar refractivity (Wildman–Crippen MR) is 102 cm³/mol. The van der Waals surface area contributed by atoms with Crippen LogP contribution in [0.25, 0.3) is 10.2 Å². The Balaban J connectivity index is 2.41. The van der Waals surface area contributed by atoms with Gasteiger partial charge in [-0.25, -0.2) is 4.79 Å². The third-order valence-electron chi connectivity index (χ3n) is 4.33. The summed E-state index contributed by atoms with van der Waals surface area (Å²) in [6.07, 6.45) is 2.68. The molecule has 7 heteroatoms. The molecule has 2 aromatic rings.